The third kappa shape index (κ3) is 1.80. The maximum Gasteiger partial charge on any atom is 0.0997 e. The second-order valence-corrected chi connectivity index (χ2v) is 4.89. The Bertz CT molecular complexity index is 351. The van der Waals surface area contributed by atoms with Crippen LogP contribution in [0.25, 0.3) is 0 Å². The number of nitrogens with zero attached hydrogens (tertiary/aromatic N) is 1. The Morgan fingerprint density at radius 2 is 2.20 bits per heavy atom. The van der Waals surface area contributed by atoms with Gasteiger partial charge in [-0.05, 0) is 18.9 Å². The molecule has 2 aliphatic rings. The average molecular weight is 203 g/mol. The molecule has 1 aromatic carbocycles. The number of epoxide rings is 1. The summed E-state index contributed by atoms with van der Waals surface area (Å²) >= 11 is 0. The largest absolute Gasteiger partial charge is 0.365 e. The van der Waals surface area contributed by atoms with E-state index in [-0.39, 0.29) is 5.60 Å². The zero-order valence-electron chi connectivity index (χ0n) is 9.15. The zero-order valence-corrected chi connectivity index (χ0v) is 9.15. The van der Waals surface area contributed by atoms with E-state index >= 15 is 0 Å². The van der Waals surface area contributed by atoms with Crippen LogP contribution in [0, 0.1) is 0 Å². The van der Waals surface area contributed by atoms with Gasteiger partial charge < -0.3 is 4.74 Å². The highest BCUT2D eigenvalue weighted by Crippen LogP contribution is 2.43. The second-order valence-electron chi connectivity index (χ2n) is 4.89. The zero-order chi connectivity index (χ0) is 10.3. The van der Waals surface area contributed by atoms with Crippen molar-refractivity contribution in [1.29, 1.82) is 0 Å². The van der Waals surface area contributed by atoms with E-state index in [1.807, 2.05) is 0 Å². The number of ether oxygens (including phenoxy) is 1. The second kappa shape index (κ2) is 3.32. The van der Waals surface area contributed by atoms with Crippen molar-refractivity contribution >= 4 is 0 Å². The van der Waals surface area contributed by atoms with E-state index in [9.17, 15) is 0 Å². The van der Waals surface area contributed by atoms with Gasteiger partial charge in [0.15, 0.2) is 0 Å². The Morgan fingerprint density at radius 3 is 2.93 bits per heavy atom. The van der Waals surface area contributed by atoms with E-state index in [1.54, 1.807) is 0 Å². The lowest BCUT2D eigenvalue weighted by Crippen LogP contribution is -2.37. The number of fused-ring (bicyclic) bond motifs is 1. The van der Waals surface area contributed by atoms with Crippen LogP contribution in [0.15, 0.2) is 30.3 Å². The van der Waals surface area contributed by atoms with Gasteiger partial charge in [0, 0.05) is 19.6 Å². The molecular weight excluding hydrogens is 186 g/mol. The number of rotatable bonds is 2. The molecular formula is C13H17NO. The summed E-state index contributed by atoms with van der Waals surface area (Å²) in [5.41, 5.74) is 1.63. The first-order valence-corrected chi connectivity index (χ1v) is 5.70. The van der Waals surface area contributed by atoms with Crippen LogP contribution in [0.5, 0.6) is 0 Å². The average Bonchev–Trinajstić information content (AvgIpc) is 2.91. The van der Waals surface area contributed by atoms with E-state index in [0.717, 1.165) is 13.1 Å². The van der Waals surface area contributed by atoms with Crippen molar-refractivity contribution in [3.8, 4) is 0 Å². The van der Waals surface area contributed by atoms with E-state index < -0.39 is 0 Å². The summed E-state index contributed by atoms with van der Waals surface area (Å²) in [4.78, 5) is 2.49. The highest BCUT2D eigenvalue weighted by molar-refractivity contribution is 5.15. The summed E-state index contributed by atoms with van der Waals surface area (Å²) in [5.74, 6) is 0. The fourth-order valence-corrected chi connectivity index (χ4v) is 2.43. The number of benzene rings is 1. The Morgan fingerprint density at radius 1 is 1.40 bits per heavy atom. The van der Waals surface area contributed by atoms with Gasteiger partial charge in [-0.25, -0.2) is 0 Å². The lowest BCUT2D eigenvalue weighted by molar-refractivity contribution is 0.223. The van der Waals surface area contributed by atoms with Crippen molar-refractivity contribution in [3.05, 3.63) is 35.9 Å². The minimum atomic E-state index is 0.229. The molecule has 0 unspecified atom stereocenters. The van der Waals surface area contributed by atoms with E-state index in [0.29, 0.717) is 6.10 Å². The molecule has 0 amide bonds. The molecule has 2 saturated heterocycles. The van der Waals surface area contributed by atoms with Crippen LogP contribution in [-0.4, -0.2) is 29.7 Å². The third-order valence-electron chi connectivity index (χ3n) is 3.63. The van der Waals surface area contributed by atoms with E-state index in [4.69, 9.17) is 4.74 Å². The normalized spacial score (nSPS) is 34.9. The summed E-state index contributed by atoms with van der Waals surface area (Å²) in [6.07, 6.45) is 1.68. The van der Waals surface area contributed by atoms with Gasteiger partial charge in [-0.15, -0.1) is 0 Å². The molecule has 0 radical (unpaired) electrons. The summed E-state index contributed by atoms with van der Waals surface area (Å²) in [6, 6.07) is 10.7. The minimum Gasteiger partial charge on any atom is -0.365 e. The minimum absolute atomic E-state index is 0.229. The van der Waals surface area contributed by atoms with Crippen molar-refractivity contribution < 1.29 is 4.74 Å². The maximum atomic E-state index is 5.69. The van der Waals surface area contributed by atoms with Crippen molar-refractivity contribution in [2.45, 2.75) is 31.6 Å². The first kappa shape index (κ1) is 9.37. The summed E-state index contributed by atoms with van der Waals surface area (Å²) in [6.45, 7) is 5.57. The lowest BCUT2D eigenvalue weighted by Gasteiger charge is -2.26. The van der Waals surface area contributed by atoms with Crippen LogP contribution < -0.4 is 0 Å². The number of hydrogen-bond acceptors (Lipinski definition) is 2. The molecule has 3 rings (SSSR count). The summed E-state index contributed by atoms with van der Waals surface area (Å²) in [7, 11) is 0. The molecule has 1 aromatic rings. The molecule has 2 heterocycles. The Balaban J connectivity index is 1.61. The van der Waals surface area contributed by atoms with Crippen LogP contribution in [0.1, 0.15) is 18.9 Å². The lowest BCUT2D eigenvalue weighted by atomic mass is 9.98. The maximum absolute atomic E-state index is 5.69. The molecule has 0 saturated carbocycles. The third-order valence-corrected chi connectivity index (χ3v) is 3.63. The van der Waals surface area contributed by atoms with Crippen molar-refractivity contribution in [2.24, 2.45) is 0 Å². The molecule has 2 aliphatic heterocycles. The van der Waals surface area contributed by atoms with Crippen molar-refractivity contribution in [2.75, 3.05) is 13.1 Å². The molecule has 2 nitrogen and oxygen atoms in total. The van der Waals surface area contributed by atoms with Gasteiger partial charge in [0.25, 0.3) is 0 Å². The van der Waals surface area contributed by atoms with Gasteiger partial charge in [-0.3, -0.25) is 4.90 Å². The smallest absolute Gasteiger partial charge is 0.0997 e. The first-order valence-electron chi connectivity index (χ1n) is 5.70. The fourth-order valence-electron chi connectivity index (χ4n) is 2.43. The van der Waals surface area contributed by atoms with Gasteiger partial charge in [-0.1, -0.05) is 30.3 Å². The Hall–Kier alpha value is -0.860. The summed E-state index contributed by atoms with van der Waals surface area (Å²) in [5, 5.41) is 0. The van der Waals surface area contributed by atoms with Crippen LogP contribution >= 0.6 is 0 Å². The topological polar surface area (TPSA) is 15.8 Å². The van der Waals surface area contributed by atoms with E-state index in [1.165, 1.54) is 18.5 Å². The fraction of sp³-hybridized carbons (Fsp3) is 0.538. The monoisotopic (exact) mass is 203 g/mol. The SMILES string of the molecule is C[C@]12CCN(Cc3ccccc3)C[C@H]1O2. The van der Waals surface area contributed by atoms with Crippen LogP contribution in [0.2, 0.25) is 0 Å². The van der Waals surface area contributed by atoms with Gasteiger partial charge >= 0.3 is 0 Å². The number of piperidine rings is 1. The molecule has 0 N–H and O–H groups in total. The molecule has 2 atom stereocenters. The Labute approximate surface area is 90.8 Å². The molecule has 0 bridgehead atoms. The molecule has 0 spiro atoms. The summed E-state index contributed by atoms with van der Waals surface area (Å²) < 4.78 is 5.69. The molecule has 2 heteroatoms. The quantitative estimate of drug-likeness (QED) is 0.684. The number of likely N-dealkylation sites (tertiary alicyclic amines) is 1. The van der Waals surface area contributed by atoms with Crippen LogP contribution in [0.3, 0.4) is 0 Å². The standard InChI is InChI=1S/C13H17NO/c1-13-7-8-14(10-12(13)15-13)9-11-5-3-2-4-6-11/h2-6,12H,7-10H2,1H3/t12-,13+/m1/s1. The molecule has 80 valence electrons. The Kier molecular flexibility index (Phi) is 2.08. The first-order chi connectivity index (χ1) is 7.26. The van der Waals surface area contributed by atoms with Gasteiger partial charge in [0.2, 0.25) is 0 Å². The molecule has 0 aliphatic carbocycles. The number of hydrogen-bond donors (Lipinski definition) is 0. The highest BCUT2D eigenvalue weighted by Gasteiger charge is 2.54. The van der Waals surface area contributed by atoms with E-state index in [2.05, 4.69) is 42.2 Å². The predicted molar refractivity (Wildman–Crippen MR) is 59.6 cm³/mol. The van der Waals surface area contributed by atoms with Crippen LogP contribution in [-0.2, 0) is 11.3 Å². The van der Waals surface area contributed by atoms with Gasteiger partial charge in [0.1, 0.15) is 0 Å². The highest BCUT2D eigenvalue weighted by atomic mass is 16.6. The molecule has 15 heavy (non-hydrogen) atoms. The molecule has 0 aromatic heterocycles. The van der Waals surface area contributed by atoms with Gasteiger partial charge in [0.05, 0.1) is 11.7 Å². The predicted octanol–water partition coefficient (Wildman–Crippen LogP) is 2.05. The molecule has 2 fully saturated rings. The van der Waals surface area contributed by atoms with Crippen molar-refractivity contribution in [3.63, 3.8) is 0 Å². The van der Waals surface area contributed by atoms with Crippen molar-refractivity contribution in [1.82, 2.24) is 4.90 Å². The van der Waals surface area contributed by atoms with Crippen LogP contribution in [0.4, 0.5) is 0 Å². The van der Waals surface area contributed by atoms with Gasteiger partial charge in [-0.2, -0.15) is 0 Å².